The van der Waals surface area contributed by atoms with Crippen LogP contribution >= 0.6 is 0 Å². The van der Waals surface area contributed by atoms with E-state index in [0.717, 1.165) is 44.7 Å². The van der Waals surface area contributed by atoms with E-state index in [2.05, 4.69) is 29.2 Å². The monoisotopic (exact) mass is 276 g/mol. The second kappa shape index (κ2) is 8.98. The van der Waals surface area contributed by atoms with E-state index in [9.17, 15) is 0 Å². The number of rotatable bonds is 8. The Bertz CT molecular complexity index is 375. The van der Waals surface area contributed by atoms with E-state index < -0.39 is 0 Å². The van der Waals surface area contributed by atoms with Gasteiger partial charge in [0.1, 0.15) is 5.75 Å². The van der Waals surface area contributed by atoms with Crippen molar-refractivity contribution in [2.75, 3.05) is 26.2 Å². The Morgan fingerprint density at radius 1 is 1.05 bits per heavy atom. The molecule has 0 radical (unpaired) electrons. The molecule has 1 aromatic carbocycles. The van der Waals surface area contributed by atoms with Crippen molar-refractivity contribution in [2.45, 2.75) is 45.1 Å². The summed E-state index contributed by atoms with van der Waals surface area (Å²) in [6.07, 6.45) is 7.42. The minimum absolute atomic E-state index is 0.783. The van der Waals surface area contributed by atoms with Crippen LogP contribution in [-0.4, -0.2) is 31.1 Å². The largest absolute Gasteiger partial charge is 0.494 e. The number of piperidine rings is 1. The summed E-state index contributed by atoms with van der Waals surface area (Å²) in [6.45, 7) is 5.12. The molecule has 112 valence electrons. The van der Waals surface area contributed by atoms with Gasteiger partial charge < -0.3 is 10.5 Å². The number of unbranched alkanes of at least 4 members (excludes halogenated alkanes) is 2. The molecule has 0 spiro atoms. The number of hydrogen-bond donors (Lipinski definition) is 1. The van der Waals surface area contributed by atoms with Gasteiger partial charge in [-0.1, -0.05) is 18.6 Å². The topological polar surface area (TPSA) is 38.5 Å². The summed E-state index contributed by atoms with van der Waals surface area (Å²) < 4.78 is 5.82. The zero-order valence-electron chi connectivity index (χ0n) is 12.5. The molecule has 0 atom stereocenters. The molecule has 1 aliphatic rings. The summed E-state index contributed by atoms with van der Waals surface area (Å²) in [6, 6.07) is 8.56. The fraction of sp³-hybridized carbons (Fsp3) is 0.647. The van der Waals surface area contributed by atoms with Gasteiger partial charge in [-0.3, -0.25) is 4.90 Å². The summed E-state index contributed by atoms with van der Waals surface area (Å²) in [5.74, 6) is 1.01. The lowest BCUT2D eigenvalue weighted by molar-refractivity contribution is 0.220. The van der Waals surface area contributed by atoms with E-state index in [-0.39, 0.29) is 0 Å². The minimum Gasteiger partial charge on any atom is -0.494 e. The molecular weight excluding hydrogens is 248 g/mol. The van der Waals surface area contributed by atoms with Crippen molar-refractivity contribution in [1.82, 2.24) is 4.90 Å². The van der Waals surface area contributed by atoms with Crippen molar-refractivity contribution in [2.24, 2.45) is 5.73 Å². The SMILES string of the molecule is NCCCCCOc1cccc(CN2CCCCC2)c1. The Morgan fingerprint density at radius 2 is 1.90 bits per heavy atom. The Hall–Kier alpha value is -1.06. The maximum Gasteiger partial charge on any atom is 0.119 e. The van der Waals surface area contributed by atoms with Crippen LogP contribution in [0.25, 0.3) is 0 Å². The van der Waals surface area contributed by atoms with E-state index in [4.69, 9.17) is 10.5 Å². The zero-order chi connectivity index (χ0) is 14.0. The lowest BCUT2D eigenvalue weighted by Crippen LogP contribution is -2.29. The molecule has 1 heterocycles. The highest BCUT2D eigenvalue weighted by Gasteiger charge is 2.10. The van der Waals surface area contributed by atoms with E-state index in [1.54, 1.807) is 0 Å². The Balaban J connectivity index is 1.75. The number of ether oxygens (including phenoxy) is 1. The number of likely N-dealkylation sites (tertiary alicyclic amines) is 1. The van der Waals surface area contributed by atoms with Crippen LogP contribution in [0.4, 0.5) is 0 Å². The van der Waals surface area contributed by atoms with Crippen LogP contribution in [0.15, 0.2) is 24.3 Å². The van der Waals surface area contributed by atoms with Crippen LogP contribution in [0.2, 0.25) is 0 Å². The average molecular weight is 276 g/mol. The average Bonchev–Trinajstić information content (AvgIpc) is 2.48. The fourth-order valence-electron chi connectivity index (χ4n) is 2.72. The van der Waals surface area contributed by atoms with Crippen LogP contribution in [-0.2, 0) is 6.54 Å². The number of benzene rings is 1. The maximum absolute atomic E-state index is 5.82. The molecule has 1 aromatic rings. The molecule has 0 saturated carbocycles. The molecule has 0 amide bonds. The van der Waals surface area contributed by atoms with Gasteiger partial charge in [-0.15, -0.1) is 0 Å². The highest BCUT2D eigenvalue weighted by molar-refractivity contribution is 5.28. The Labute approximate surface area is 123 Å². The van der Waals surface area contributed by atoms with Gasteiger partial charge in [-0.05, 0) is 69.4 Å². The van der Waals surface area contributed by atoms with Crippen molar-refractivity contribution in [1.29, 1.82) is 0 Å². The van der Waals surface area contributed by atoms with Crippen molar-refractivity contribution >= 4 is 0 Å². The second-order valence-corrected chi connectivity index (χ2v) is 5.68. The summed E-state index contributed by atoms with van der Waals surface area (Å²) in [4.78, 5) is 2.55. The smallest absolute Gasteiger partial charge is 0.119 e. The van der Waals surface area contributed by atoms with Gasteiger partial charge in [0.2, 0.25) is 0 Å². The maximum atomic E-state index is 5.82. The molecule has 20 heavy (non-hydrogen) atoms. The molecule has 2 rings (SSSR count). The molecular formula is C17H28N2O. The third-order valence-corrected chi connectivity index (χ3v) is 3.87. The van der Waals surface area contributed by atoms with E-state index in [0.29, 0.717) is 0 Å². The normalized spacial score (nSPS) is 16.2. The number of nitrogens with two attached hydrogens (primary N) is 1. The van der Waals surface area contributed by atoms with Gasteiger partial charge in [-0.25, -0.2) is 0 Å². The standard InChI is InChI=1S/C17H28N2O/c18-10-3-1-6-13-20-17-9-7-8-16(14-17)15-19-11-4-2-5-12-19/h7-9,14H,1-6,10-13,15,18H2. The number of hydrogen-bond acceptors (Lipinski definition) is 3. The molecule has 1 saturated heterocycles. The van der Waals surface area contributed by atoms with E-state index in [1.807, 2.05) is 0 Å². The van der Waals surface area contributed by atoms with Crippen molar-refractivity contribution in [3.8, 4) is 5.75 Å². The van der Waals surface area contributed by atoms with Crippen LogP contribution < -0.4 is 10.5 Å². The van der Waals surface area contributed by atoms with Crippen LogP contribution in [0.1, 0.15) is 44.1 Å². The molecule has 3 nitrogen and oxygen atoms in total. The molecule has 0 aliphatic carbocycles. The summed E-state index contributed by atoms with van der Waals surface area (Å²) in [5, 5.41) is 0. The first kappa shape index (κ1) is 15.3. The predicted octanol–water partition coefficient (Wildman–Crippen LogP) is 3.18. The molecule has 1 aliphatic heterocycles. The molecule has 0 unspecified atom stereocenters. The van der Waals surface area contributed by atoms with Crippen LogP contribution in [0.5, 0.6) is 5.75 Å². The third-order valence-electron chi connectivity index (χ3n) is 3.87. The molecule has 3 heteroatoms. The van der Waals surface area contributed by atoms with Crippen LogP contribution in [0, 0.1) is 0 Å². The predicted molar refractivity (Wildman–Crippen MR) is 84.0 cm³/mol. The first-order chi connectivity index (χ1) is 9.88. The van der Waals surface area contributed by atoms with Gasteiger partial charge in [0.05, 0.1) is 6.61 Å². The summed E-state index contributed by atoms with van der Waals surface area (Å²) in [5.41, 5.74) is 6.85. The van der Waals surface area contributed by atoms with Crippen molar-refractivity contribution in [3.05, 3.63) is 29.8 Å². The lowest BCUT2D eigenvalue weighted by Gasteiger charge is -2.26. The van der Waals surface area contributed by atoms with Gasteiger partial charge in [0, 0.05) is 6.54 Å². The Morgan fingerprint density at radius 3 is 2.70 bits per heavy atom. The van der Waals surface area contributed by atoms with Crippen molar-refractivity contribution < 1.29 is 4.74 Å². The highest BCUT2D eigenvalue weighted by Crippen LogP contribution is 2.17. The summed E-state index contributed by atoms with van der Waals surface area (Å²) in [7, 11) is 0. The van der Waals surface area contributed by atoms with Gasteiger partial charge in [0.25, 0.3) is 0 Å². The van der Waals surface area contributed by atoms with Crippen LogP contribution in [0.3, 0.4) is 0 Å². The first-order valence-corrected chi connectivity index (χ1v) is 8.02. The van der Waals surface area contributed by atoms with Gasteiger partial charge in [0.15, 0.2) is 0 Å². The quantitative estimate of drug-likeness (QED) is 0.741. The van der Waals surface area contributed by atoms with Gasteiger partial charge >= 0.3 is 0 Å². The lowest BCUT2D eigenvalue weighted by atomic mass is 10.1. The van der Waals surface area contributed by atoms with Crippen molar-refractivity contribution in [3.63, 3.8) is 0 Å². The molecule has 1 fully saturated rings. The Kier molecular flexibility index (Phi) is 6.89. The second-order valence-electron chi connectivity index (χ2n) is 5.68. The molecule has 0 bridgehead atoms. The number of nitrogens with zero attached hydrogens (tertiary/aromatic N) is 1. The first-order valence-electron chi connectivity index (χ1n) is 8.02. The minimum atomic E-state index is 0.783. The van der Waals surface area contributed by atoms with E-state index >= 15 is 0 Å². The summed E-state index contributed by atoms with van der Waals surface area (Å²) >= 11 is 0. The van der Waals surface area contributed by atoms with E-state index in [1.165, 1.54) is 37.9 Å². The fourth-order valence-corrected chi connectivity index (χ4v) is 2.72. The van der Waals surface area contributed by atoms with Gasteiger partial charge in [-0.2, -0.15) is 0 Å². The molecule has 2 N–H and O–H groups in total. The highest BCUT2D eigenvalue weighted by atomic mass is 16.5. The third kappa shape index (κ3) is 5.51. The molecule has 0 aromatic heterocycles. The zero-order valence-corrected chi connectivity index (χ0v) is 12.5.